The first-order valence-corrected chi connectivity index (χ1v) is 20.8. The number of carbonyl (C=O) groups is 3. The van der Waals surface area contributed by atoms with Gasteiger partial charge in [-0.25, -0.2) is 9.78 Å². The van der Waals surface area contributed by atoms with Gasteiger partial charge in [0.05, 0.1) is 48.6 Å². The molecule has 5 aliphatic rings. The number of hydrogen-bond donors (Lipinski definition) is 5. The molecule has 4 fully saturated rings. The number of benzene rings is 2. The van der Waals surface area contributed by atoms with Gasteiger partial charge in [-0.05, 0) is 67.8 Å². The third-order valence-corrected chi connectivity index (χ3v) is 12.2. The fourth-order valence-corrected chi connectivity index (χ4v) is 8.85. The van der Waals surface area contributed by atoms with Gasteiger partial charge in [0.25, 0.3) is 5.91 Å². The number of pyridine rings is 1. The zero-order valence-corrected chi connectivity index (χ0v) is 34.6. The summed E-state index contributed by atoms with van der Waals surface area (Å²) in [5.74, 6) is 0.394. The Morgan fingerprint density at radius 1 is 0.967 bits per heavy atom. The number of para-hydroxylation sites is 1. The number of rotatable bonds is 8. The Balaban J connectivity index is 0.772. The normalized spacial score (nSPS) is 24.0. The van der Waals surface area contributed by atoms with Gasteiger partial charge >= 0.3 is 6.03 Å². The Morgan fingerprint density at radius 3 is 2.51 bits per heavy atom. The van der Waals surface area contributed by atoms with Crippen molar-refractivity contribution in [3.05, 3.63) is 106 Å². The second-order valence-electron chi connectivity index (χ2n) is 16.4. The lowest BCUT2D eigenvalue weighted by atomic mass is 9.99. The van der Waals surface area contributed by atoms with E-state index in [-0.39, 0.29) is 48.5 Å². The van der Waals surface area contributed by atoms with E-state index in [0.29, 0.717) is 93.9 Å². The van der Waals surface area contributed by atoms with E-state index in [9.17, 15) is 19.5 Å². The molecule has 0 bridgehead atoms. The number of anilines is 1. The minimum Gasteiger partial charge on any atom is -0.507 e. The number of hydrogen-bond acceptors (Lipinski definition) is 13. The van der Waals surface area contributed by atoms with Crippen molar-refractivity contribution in [3.8, 4) is 5.75 Å². The number of nitrogens with zero attached hydrogens (tertiary/aromatic N) is 6. The topological polar surface area (TPSA) is 192 Å². The van der Waals surface area contributed by atoms with Crippen LogP contribution in [0.4, 0.5) is 10.5 Å². The second-order valence-corrected chi connectivity index (χ2v) is 16.4. The first-order valence-electron chi connectivity index (χ1n) is 20.8. The number of allylic oxidation sites excluding steroid dienone is 1. The van der Waals surface area contributed by atoms with Crippen molar-refractivity contribution in [2.75, 3.05) is 70.5 Å². The molecule has 0 aliphatic carbocycles. The lowest BCUT2D eigenvalue weighted by Crippen LogP contribution is -2.51. The zero-order valence-electron chi connectivity index (χ0n) is 34.6. The average Bonchev–Trinajstić information content (AvgIpc) is 3.59. The average molecular weight is 833 g/mol. The monoisotopic (exact) mass is 832 g/mol. The number of fused-ring (bicyclic) bond motifs is 1. The number of carbonyl (C=O) groups excluding carboxylic acids is 3. The quantitative estimate of drug-likeness (QED) is 0.174. The third-order valence-electron chi connectivity index (χ3n) is 12.2. The highest BCUT2D eigenvalue weighted by molar-refractivity contribution is 6.06. The van der Waals surface area contributed by atoms with Gasteiger partial charge in [0.15, 0.2) is 6.29 Å². The number of phenols is 1. The number of ether oxygens (including phenoxy) is 3. The first-order chi connectivity index (χ1) is 29.5. The third kappa shape index (κ3) is 8.21. The number of nitrogens with one attached hydrogen (secondary N) is 3. The van der Waals surface area contributed by atoms with E-state index in [1.165, 1.54) is 4.90 Å². The van der Waals surface area contributed by atoms with Gasteiger partial charge < -0.3 is 39.4 Å². The van der Waals surface area contributed by atoms with E-state index in [4.69, 9.17) is 24.9 Å². The Kier molecular flexibility index (Phi) is 11.0. The number of aryl methyl sites for hydroxylation is 2. The molecular weight excluding hydrogens is 781 g/mol. The van der Waals surface area contributed by atoms with Gasteiger partial charge in [0.1, 0.15) is 23.3 Å². The molecule has 0 unspecified atom stereocenters. The standard InChI is InChI=1S/C44H52N10O7/c1-26-16-29(38-22-52(21-28(3)61-38)36-18-35(48-49-41(36)45)33-6-4-5-7-37(33)55)8-9-32(26)43(57)51-14-12-50(13-15-51)23-40-59-24-31(25-60-40)54-20-27(2)34-17-30(19-46-42(34)54)53-11-10-39(56)47-44(53)58/h4-9,16-20,28,31,38,40,48-49,55H,10-15,21-25,45H2,1-3H3,(H,47,56,58)/t28-,31?,38-,40?/m0/s1. The Bertz CT molecular complexity index is 2420. The number of hydrazine groups is 1. The molecule has 2 aromatic heterocycles. The number of piperazine rings is 1. The molecule has 2 atom stereocenters. The Hall–Kier alpha value is -6.14. The van der Waals surface area contributed by atoms with Crippen molar-refractivity contribution in [2.24, 2.45) is 5.73 Å². The van der Waals surface area contributed by atoms with E-state index in [1.807, 2.05) is 68.3 Å². The summed E-state index contributed by atoms with van der Waals surface area (Å²) in [7, 11) is 0. The molecule has 61 heavy (non-hydrogen) atoms. The molecule has 17 heteroatoms. The van der Waals surface area contributed by atoms with Crippen molar-refractivity contribution in [1.82, 2.24) is 40.4 Å². The summed E-state index contributed by atoms with van der Waals surface area (Å²) < 4.78 is 21.0. The maximum absolute atomic E-state index is 13.8. The van der Waals surface area contributed by atoms with Crippen molar-refractivity contribution in [1.29, 1.82) is 0 Å². The van der Waals surface area contributed by atoms with Crippen molar-refractivity contribution >= 4 is 40.3 Å². The van der Waals surface area contributed by atoms with Gasteiger partial charge in [0, 0.05) is 81.5 Å². The van der Waals surface area contributed by atoms with Crippen LogP contribution >= 0.6 is 0 Å². The van der Waals surface area contributed by atoms with Crippen LogP contribution in [0.2, 0.25) is 0 Å². The molecule has 4 saturated heterocycles. The van der Waals surface area contributed by atoms with Crippen molar-refractivity contribution in [2.45, 2.75) is 51.7 Å². The summed E-state index contributed by atoms with van der Waals surface area (Å²) >= 11 is 0. The number of phenolic OH excluding ortho intramolecular Hbond substituents is 1. The minimum absolute atomic E-state index is 0.0149. The lowest BCUT2D eigenvalue weighted by molar-refractivity contribution is -0.204. The Morgan fingerprint density at radius 2 is 1.75 bits per heavy atom. The van der Waals surface area contributed by atoms with Gasteiger partial charge in [-0.3, -0.25) is 35.6 Å². The summed E-state index contributed by atoms with van der Waals surface area (Å²) in [6.45, 7) is 11.7. The SMILES string of the molecule is Cc1cc([C@@H]2CN(C3=C(N)NNC(c4ccccc4O)=C3)C[C@H](C)O2)ccc1C(=O)N1CCN(CC2OCC(n3cc(C)c4cc(N5CCC(=O)NC5=O)cnc43)CO2)CC1. The second kappa shape index (κ2) is 16.7. The van der Waals surface area contributed by atoms with Crippen LogP contribution in [0.15, 0.2) is 78.5 Å². The number of nitrogens with two attached hydrogens (primary N) is 1. The molecule has 17 nitrogen and oxygen atoms in total. The summed E-state index contributed by atoms with van der Waals surface area (Å²) in [4.78, 5) is 50.5. The van der Waals surface area contributed by atoms with Gasteiger partial charge in [-0.1, -0.05) is 24.3 Å². The first kappa shape index (κ1) is 40.3. The van der Waals surface area contributed by atoms with Crippen LogP contribution in [0, 0.1) is 13.8 Å². The molecular formula is C44H52N10O7. The molecule has 7 heterocycles. The number of morpholine rings is 1. The zero-order chi connectivity index (χ0) is 42.4. The van der Waals surface area contributed by atoms with Gasteiger partial charge in [0.2, 0.25) is 5.91 Å². The molecule has 5 aliphatic heterocycles. The van der Waals surface area contributed by atoms with Crippen LogP contribution in [0.3, 0.4) is 0 Å². The number of urea groups is 1. The van der Waals surface area contributed by atoms with Crippen LogP contribution in [0.5, 0.6) is 5.75 Å². The number of amides is 4. The number of aromatic nitrogens is 2. The van der Waals surface area contributed by atoms with E-state index in [1.54, 1.807) is 18.3 Å². The summed E-state index contributed by atoms with van der Waals surface area (Å²) in [5, 5.41) is 13.8. The highest BCUT2D eigenvalue weighted by atomic mass is 16.7. The van der Waals surface area contributed by atoms with Gasteiger partial charge in [-0.15, -0.1) is 0 Å². The van der Waals surface area contributed by atoms with Crippen LogP contribution < -0.4 is 26.8 Å². The van der Waals surface area contributed by atoms with Crippen LogP contribution in [-0.4, -0.2) is 125 Å². The number of imide groups is 1. The largest absolute Gasteiger partial charge is 0.507 e. The molecule has 6 N–H and O–H groups in total. The molecule has 0 spiro atoms. The smallest absolute Gasteiger partial charge is 0.328 e. The fourth-order valence-electron chi connectivity index (χ4n) is 8.85. The lowest BCUT2D eigenvalue weighted by Gasteiger charge is -2.40. The Labute approximate surface area is 353 Å². The summed E-state index contributed by atoms with van der Waals surface area (Å²) in [5.41, 5.74) is 19.8. The van der Waals surface area contributed by atoms with Crippen LogP contribution in [0.1, 0.15) is 58.1 Å². The fraction of sp³-hybridized carbons (Fsp3) is 0.409. The summed E-state index contributed by atoms with van der Waals surface area (Å²) in [6, 6.07) is 14.6. The highest BCUT2D eigenvalue weighted by Gasteiger charge is 2.33. The molecule has 320 valence electrons. The van der Waals surface area contributed by atoms with E-state index < -0.39 is 6.03 Å². The van der Waals surface area contributed by atoms with Crippen LogP contribution in [0.25, 0.3) is 16.7 Å². The predicted molar refractivity (Wildman–Crippen MR) is 227 cm³/mol. The van der Waals surface area contributed by atoms with E-state index in [0.717, 1.165) is 33.4 Å². The molecule has 9 rings (SSSR count). The molecule has 0 radical (unpaired) electrons. The molecule has 2 aromatic carbocycles. The van der Waals surface area contributed by atoms with Crippen LogP contribution in [-0.2, 0) is 19.0 Å². The van der Waals surface area contributed by atoms with E-state index >= 15 is 0 Å². The van der Waals surface area contributed by atoms with Gasteiger partial charge in [-0.2, -0.15) is 0 Å². The predicted octanol–water partition coefficient (Wildman–Crippen LogP) is 3.22. The minimum atomic E-state index is -0.436. The summed E-state index contributed by atoms with van der Waals surface area (Å²) in [6.07, 6.45) is 5.20. The number of aromatic hydroxyl groups is 1. The van der Waals surface area contributed by atoms with Crippen molar-refractivity contribution in [3.63, 3.8) is 0 Å². The maximum atomic E-state index is 13.8. The highest BCUT2D eigenvalue weighted by Crippen LogP contribution is 2.33. The maximum Gasteiger partial charge on any atom is 0.328 e. The molecule has 4 aromatic rings. The molecule has 0 saturated carbocycles. The van der Waals surface area contributed by atoms with Crippen molar-refractivity contribution < 1.29 is 33.7 Å². The van der Waals surface area contributed by atoms with E-state index in [2.05, 4.69) is 36.6 Å². The molecule has 4 amide bonds.